The van der Waals surface area contributed by atoms with Crippen LogP contribution in [0.5, 0.6) is 0 Å². The van der Waals surface area contributed by atoms with Gasteiger partial charge in [-0.15, -0.1) is 0 Å². The summed E-state index contributed by atoms with van der Waals surface area (Å²) in [5.41, 5.74) is 1.64. The van der Waals surface area contributed by atoms with E-state index >= 15 is 0 Å². The summed E-state index contributed by atoms with van der Waals surface area (Å²) in [6.07, 6.45) is 5.54. The number of hydrogen-bond acceptors (Lipinski definition) is 2. The summed E-state index contributed by atoms with van der Waals surface area (Å²) < 4.78 is 9.30. The van der Waals surface area contributed by atoms with Gasteiger partial charge in [0.25, 0.3) is 0 Å². The summed E-state index contributed by atoms with van der Waals surface area (Å²) in [7, 11) is -0.474. The predicted octanol–water partition coefficient (Wildman–Crippen LogP) is 5.43. The lowest BCUT2D eigenvalue weighted by molar-refractivity contribution is -0.0392. The maximum Gasteiger partial charge on any atom is 0.105 e. The second-order valence-corrected chi connectivity index (χ2v) is 9.56. The Morgan fingerprint density at radius 1 is 1.23 bits per heavy atom. The minimum atomic E-state index is -0.474. The van der Waals surface area contributed by atoms with Crippen molar-refractivity contribution in [1.29, 1.82) is 0 Å². The molecule has 1 saturated heterocycles. The molecule has 2 nitrogen and oxygen atoms in total. The Labute approximate surface area is 137 Å². The van der Waals surface area contributed by atoms with Crippen LogP contribution in [-0.4, -0.2) is 22.5 Å². The number of rotatable bonds is 3. The van der Waals surface area contributed by atoms with Crippen LogP contribution in [0.2, 0.25) is 0 Å². The van der Waals surface area contributed by atoms with Crippen LogP contribution in [0.15, 0.2) is 30.3 Å². The van der Waals surface area contributed by atoms with Crippen LogP contribution >= 0.6 is 8.30 Å². The molecule has 2 aliphatic rings. The van der Waals surface area contributed by atoms with Gasteiger partial charge in [0.15, 0.2) is 0 Å². The highest BCUT2D eigenvalue weighted by Gasteiger charge is 2.50. The molecule has 1 aromatic carbocycles. The Kier molecular flexibility index (Phi) is 4.92. The molecule has 1 saturated carbocycles. The Hall–Kier alpha value is -0.430. The molecule has 3 heteroatoms. The zero-order valence-corrected chi connectivity index (χ0v) is 15.4. The first-order chi connectivity index (χ1) is 10.5. The van der Waals surface area contributed by atoms with E-state index in [2.05, 4.69) is 62.7 Å². The zero-order valence-electron chi connectivity index (χ0n) is 14.5. The first kappa shape index (κ1) is 16.4. The van der Waals surface area contributed by atoms with E-state index in [9.17, 15) is 0 Å². The molecule has 1 aliphatic heterocycles. The van der Waals surface area contributed by atoms with Gasteiger partial charge in [0, 0.05) is 24.2 Å². The molecule has 4 unspecified atom stereocenters. The van der Waals surface area contributed by atoms with Gasteiger partial charge in [-0.2, -0.15) is 0 Å². The molecule has 1 aliphatic carbocycles. The average Bonchev–Trinajstić information content (AvgIpc) is 2.50. The van der Waals surface area contributed by atoms with Crippen molar-refractivity contribution in [2.45, 2.75) is 65.1 Å². The van der Waals surface area contributed by atoms with Crippen LogP contribution in [0.3, 0.4) is 0 Å². The van der Waals surface area contributed by atoms with Crippen LogP contribution in [0.1, 0.15) is 52.5 Å². The summed E-state index contributed by atoms with van der Waals surface area (Å²) >= 11 is 0. The van der Waals surface area contributed by atoms with Gasteiger partial charge in [0.2, 0.25) is 0 Å². The standard InChI is InChI=1S/C19H30NOP/c1-5-22-20(14-16-9-7-6-8-10-16)19(3,4)17-12-11-15(2)13-18(17)21-22/h6-10,15,17-18H,5,11-14H2,1-4H3. The minimum absolute atomic E-state index is 0.237. The maximum absolute atomic E-state index is 6.62. The number of benzene rings is 1. The van der Waals surface area contributed by atoms with Crippen LogP contribution < -0.4 is 0 Å². The van der Waals surface area contributed by atoms with E-state index in [0.717, 1.165) is 18.6 Å². The maximum atomic E-state index is 6.62. The third-order valence-corrected chi connectivity index (χ3v) is 7.85. The first-order valence-corrected chi connectivity index (χ1v) is 10.2. The van der Waals surface area contributed by atoms with E-state index in [4.69, 9.17) is 4.52 Å². The highest BCUT2D eigenvalue weighted by atomic mass is 31.2. The van der Waals surface area contributed by atoms with E-state index < -0.39 is 8.30 Å². The summed E-state index contributed by atoms with van der Waals surface area (Å²) in [5.74, 6) is 1.50. The lowest BCUT2D eigenvalue weighted by Gasteiger charge is -2.56. The molecule has 3 rings (SSSR count). The summed E-state index contributed by atoms with van der Waals surface area (Å²) in [6.45, 7) is 10.6. The SMILES string of the molecule is CCP1OC2CC(C)CCC2C(C)(C)N1Cc1ccccc1. The Balaban J connectivity index is 1.84. The van der Waals surface area contributed by atoms with Gasteiger partial charge in [0.05, 0.1) is 6.10 Å². The van der Waals surface area contributed by atoms with E-state index in [0.29, 0.717) is 12.0 Å². The van der Waals surface area contributed by atoms with Crippen LogP contribution in [0.4, 0.5) is 0 Å². The molecule has 0 amide bonds. The van der Waals surface area contributed by atoms with Crippen molar-refractivity contribution in [3.63, 3.8) is 0 Å². The van der Waals surface area contributed by atoms with Crippen LogP contribution in [-0.2, 0) is 11.1 Å². The first-order valence-electron chi connectivity index (χ1n) is 8.78. The Bertz CT molecular complexity index is 489. The van der Waals surface area contributed by atoms with Crippen molar-refractivity contribution in [2.75, 3.05) is 6.16 Å². The molecular formula is C19H30NOP. The smallest absolute Gasteiger partial charge is 0.105 e. The lowest BCUT2D eigenvalue weighted by atomic mass is 9.71. The largest absolute Gasteiger partial charge is 0.340 e. The molecular weight excluding hydrogens is 289 g/mol. The number of fused-ring (bicyclic) bond motifs is 1. The van der Waals surface area contributed by atoms with Gasteiger partial charge in [-0.1, -0.05) is 50.6 Å². The molecule has 0 bridgehead atoms. The molecule has 0 spiro atoms. The summed E-state index contributed by atoms with van der Waals surface area (Å²) in [5, 5.41) is 0. The molecule has 122 valence electrons. The molecule has 1 aromatic rings. The van der Waals surface area contributed by atoms with Crippen molar-refractivity contribution in [1.82, 2.24) is 4.67 Å². The molecule has 0 radical (unpaired) electrons. The van der Waals surface area contributed by atoms with E-state index in [-0.39, 0.29) is 5.54 Å². The van der Waals surface area contributed by atoms with E-state index in [1.54, 1.807) is 0 Å². The van der Waals surface area contributed by atoms with Crippen LogP contribution in [0.25, 0.3) is 0 Å². The molecule has 22 heavy (non-hydrogen) atoms. The molecule has 2 fully saturated rings. The van der Waals surface area contributed by atoms with Gasteiger partial charge < -0.3 is 4.52 Å². The second kappa shape index (κ2) is 6.59. The fourth-order valence-electron chi connectivity index (χ4n) is 4.23. The monoisotopic (exact) mass is 319 g/mol. The van der Waals surface area contributed by atoms with Crippen molar-refractivity contribution >= 4 is 8.30 Å². The highest BCUT2D eigenvalue weighted by Crippen LogP contribution is 2.58. The second-order valence-electron chi connectivity index (χ2n) is 7.53. The predicted molar refractivity (Wildman–Crippen MR) is 94.9 cm³/mol. The average molecular weight is 319 g/mol. The van der Waals surface area contributed by atoms with Gasteiger partial charge in [-0.3, -0.25) is 0 Å². The fraction of sp³-hybridized carbons (Fsp3) is 0.684. The van der Waals surface area contributed by atoms with Crippen LogP contribution in [0, 0.1) is 11.8 Å². The molecule has 0 aromatic heterocycles. The molecule has 0 N–H and O–H groups in total. The van der Waals surface area contributed by atoms with Crippen molar-refractivity contribution in [2.24, 2.45) is 11.8 Å². The summed E-state index contributed by atoms with van der Waals surface area (Å²) in [4.78, 5) is 0. The normalized spacial score (nSPS) is 35.1. The van der Waals surface area contributed by atoms with E-state index in [1.807, 2.05) is 0 Å². The Morgan fingerprint density at radius 3 is 2.64 bits per heavy atom. The minimum Gasteiger partial charge on any atom is -0.340 e. The molecule has 4 atom stereocenters. The lowest BCUT2D eigenvalue weighted by Crippen LogP contribution is -2.56. The topological polar surface area (TPSA) is 12.5 Å². The van der Waals surface area contributed by atoms with Gasteiger partial charge >= 0.3 is 0 Å². The van der Waals surface area contributed by atoms with Crippen molar-refractivity contribution in [3.8, 4) is 0 Å². The molecule has 1 heterocycles. The number of hydrogen-bond donors (Lipinski definition) is 0. The third-order valence-electron chi connectivity index (χ3n) is 5.60. The summed E-state index contributed by atoms with van der Waals surface area (Å²) in [6, 6.07) is 10.9. The van der Waals surface area contributed by atoms with Crippen molar-refractivity contribution < 1.29 is 4.52 Å². The highest BCUT2D eigenvalue weighted by molar-refractivity contribution is 7.50. The third kappa shape index (κ3) is 3.11. The van der Waals surface area contributed by atoms with Gasteiger partial charge in [-0.25, -0.2) is 4.67 Å². The quantitative estimate of drug-likeness (QED) is 0.688. The van der Waals surface area contributed by atoms with E-state index in [1.165, 1.54) is 24.8 Å². The van der Waals surface area contributed by atoms with Crippen molar-refractivity contribution in [3.05, 3.63) is 35.9 Å². The zero-order chi connectivity index (χ0) is 15.7. The van der Waals surface area contributed by atoms with Gasteiger partial charge in [-0.05, 0) is 38.2 Å². The number of nitrogens with zero attached hydrogens (tertiary/aromatic N) is 1. The fourth-order valence-corrected chi connectivity index (χ4v) is 6.42. The van der Waals surface area contributed by atoms with Gasteiger partial charge in [0.1, 0.15) is 8.30 Å². The Morgan fingerprint density at radius 2 is 1.95 bits per heavy atom.